The number of nitrogens with one attached hydrogen (secondary N) is 2. The molecule has 3 heterocycles. The number of methoxy groups -OCH3 is 1. The smallest absolute Gasteiger partial charge is 0.322 e. The van der Waals surface area contributed by atoms with Gasteiger partial charge in [0.25, 0.3) is 6.01 Å². The Morgan fingerprint density at radius 1 is 1.16 bits per heavy atom. The second kappa shape index (κ2) is 11.1. The molecule has 5 rings (SSSR count). The number of aryl methyl sites for hydroxylation is 1. The van der Waals surface area contributed by atoms with Gasteiger partial charge in [0.2, 0.25) is 0 Å². The molecule has 2 saturated heterocycles. The molecule has 1 atom stereocenters. The molecule has 2 aliphatic rings. The monoisotopic (exact) mass is 507 g/mol. The van der Waals surface area contributed by atoms with Gasteiger partial charge in [0.05, 0.1) is 38.2 Å². The lowest BCUT2D eigenvalue weighted by Gasteiger charge is -2.26. The molecular weight excluding hydrogens is 474 g/mol. The zero-order valence-corrected chi connectivity index (χ0v) is 21.5. The van der Waals surface area contributed by atoms with Gasteiger partial charge in [-0.1, -0.05) is 6.07 Å². The summed E-state index contributed by atoms with van der Waals surface area (Å²) in [6, 6.07) is 11.8. The lowest BCUT2D eigenvalue weighted by molar-refractivity contribution is 0.0322. The van der Waals surface area contributed by atoms with Crippen molar-refractivity contribution in [3.05, 3.63) is 48.2 Å². The molecule has 1 aromatic heterocycles. The predicted molar refractivity (Wildman–Crippen MR) is 141 cm³/mol. The van der Waals surface area contributed by atoms with Gasteiger partial charge in [-0.15, -0.1) is 0 Å². The quantitative estimate of drug-likeness (QED) is 0.448. The van der Waals surface area contributed by atoms with Crippen molar-refractivity contribution in [1.29, 1.82) is 0 Å². The molecule has 10 nitrogen and oxygen atoms in total. The first kappa shape index (κ1) is 24.9. The highest BCUT2D eigenvalue weighted by Crippen LogP contribution is 2.34. The number of hydrogen-bond acceptors (Lipinski definition) is 8. The van der Waals surface area contributed by atoms with E-state index < -0.39 is 0 Å². The average Bonchev–Trinajstić information content (AvgIpc) is 3.52. The molecule has 2 fully saturated rings. The zero-order valence-electron chi connectivity index (χ0n) is 21.5. The lowest BCUT2D eigenvalue weighted by atomic mass is 10.1. The van der Waals surface area contributed by atoms with Crippen LogP contribution in [0.5, 0.6) is 11.5 Å². The number of morpholine rings is 1. The van der Waals surface area contributed by atoms with E-state index in [4.69, 9.17) is 18.6 Å². The maximum absolute atomic E-state index is 12.4. The molecule has 0 saturated carbocycles. The van der Waals surface area contributed by atoms with Crippen molar-refractivity contribution in [2.75, 3.05) is 63.3 Å². The van der Waals surface area contributed by atoms with Crippen LogP contribution < -0.4 is 25.0 Å². The second-order valence-corrected chi connectivity index (χ2v) is 9.26. The van der Waals surface area contributed by atoms with Crippen molar-refractivity contribution in [2.24, 2.45) is 0 Å². The van der Waals surface area contributed by atoms with E-state index in [-0.39, 0.29) is 12.1 Å². The molecule has 0 bridgehead atoms. The van der Waals surface area contributed by atoms with Gasteiger partial charge < -0.3 is 29.3 Å². The first-order valence-electron chi connectivity index (χ1n) is 12.5. The van der Waals surface area contributed by atoms with E-state index in [9.17, 15) is 4.79 Å². The Hall–Kier alpha value is -3.76. The summed E-state index contributed by atoms with van der Waals surface area (Å²) in [5.74, 6) is 1.97. The minimum absolute atomic E-state index is 0.0331. The third-order valence-electron chi connectivity index (χ3n) is 6.63. The van der Waals surface area contributed by atoms with Gasteiger partial charge in [0, 0.05) is 49.6 Å². The SMILES string of the molecule is COc1cc(-c2cnc(Nc3cc(OCCN4CCOCC4)ccc3C)o2)cc(N2C(=O)NCC2C)c1. The van der Waals surface area contributed by atoms with Gasteiger partial charge in [-0.2, -0.15) is 0 Å². The fraction of sp³-hybridized carbons (Fsp3) is 0.407. The lowest BCUT2D eigenvalue weighted by Crippen LogP contribution is -2.38. The van der Waals surface area contributed by atoms with Crippen molar-refractivity contribution in [1.82, 2.24) is 15.2 Å². The van der Waals surface area contributed by atoms with Gasteiger partial charge in [0.15, 0.2) is 5.76 Å². The molecule has 2 aromatic carbocycles. The highest BCUT2D eigenvalue weighted by atomic mass is 16.5. The van der Waals surface area contributed by atoms with Crippen LogP contribution in [0.4, 0.5) is 22.2 Å². The number of benzene rings is 2. The number of ether oxygens (including phenoxy) is 3. The number of nitrogens with zero attached hydrogens (tertiary/aromatic N) is 3. The van der Waals surface area contributed by atoms with Gasteiger partial charge in [-0.25, -0.2) is 9.78 Å². The molecule has 196 valence electrons. The van der Waals surface area contributed by atoms with Crippen LogP contribution in [0.25, 0.3) is 11.3 Å². The van der Waals surface area contributed by atoms with Gasteiger partial charge in [0.1, 0.15) is 18.1 Å². The molecule has 37 heavy (non-hydrogen) atoms. The van der Waals surface area contributed by atoms with Crippen LogP contribution in [0.15, 0.2) is 47.0 Å². The summed E-state index contributed by atoms with van der Waals surface area (Å²) in [5.41, 5.74) is 3.39. The molecule has 2 N–H and O–H groups in total. The Labute approximate surface area is 216 Å². The van der Waals surface area contributed by atoms with E-state index in [0.29, 0.717) is 30.7 Å². The summed E-state index contributed by atoms with van der Waals surface area (Å²) in [7, 11) is 1.60. The van der Waals surface area contributed by atoms with Crippen molar-refractivity contribution < 1.29 is 23.4 Å². The van der Waals surface area contributed by atoms with E-state index >= 15 is 0 Å². The van der Waals surface area contributed by atoms with Crippen LogP contribution in [-0.4, -0.2) is 75.1 Å². The van der Waals surface area contributed by atoms with Crippen molar-refractivity contribution >= 4 is 23.4 Å². The molecule has 10 heteroatoms. The first-order valence-corrected chi connectivity index (χ1v) is 12.5. The Kier molecular flexibility index (Phi) is 7.47. The maximum Gasteiger partial charge on any atom is 0.322 e. The third kappa shape index (κ3) is 5.81. The number of hydrogen-bond donors (Lipinski definition) is 2. The molecule has 0 radical (unpaired) electrons. The van der Waals surface area contributed by atoms with E-state index in [0.717, 1.165) is 61.1 Å². The molecule has 3 aromatic rings. The minimum Gasteiger partial charge on any atom is -0.497 e. The van der Waals surface area contributed by atoms with E-state index in [2.05, 4.69) is 20.5 Å². The summed E-state index contributed by atoms with van der Waals surface area (Å²) < 4.78 is 22.9. The fourth-order valence-electron chi connectivity index (χ4n) is 4.49. The van der Waals surface area contributed by atoms with Crippen LogP contribution in [-0.2, 0) is 4.74 Å². The van der Waals surface area contributed by atoms with Crippen LogP contribution in [0.2, 0.25) is 0 Å². The van der Waals surface area contributed by atoms with Gasteiger partial charge in [-0.05, 0) is 37.6 Å². The standard InChI is InChI=1S/C27H33N5O5/c1-18-4-5-22(36-11-8-31-6-9-35-10-7-31)15-24(18)30-26-28-17-25(37-26)20-12-21(14-23(13-20)34-3)32-19(2)16-29-27(32)33/h4-5,12-15,17,19H,6-11,16H2,1-3H3,(H,28,30)(H,29,33). The topological polar surface area (TPSA) is 101 Å². The summed E-state index contributed by atoms with van der Waals surface area (Å²) in [6.07, 6.45) is 1.66. The predicted octanol–water partition coefficient (Wildman–Crippen LogP) is 4.03. The third-order valence-corrected chi connectivity index (χ3v) is 6.63. The molecule has 0 spiro atoms. The van der Waals surface area contributed by atoms with Gasteiger partial charge >= 0.3 is 6.03 Å². The number of rotatable bonds is 9. The molecule has 1 unspecified atom stereocenters. The number of amides is 2. The van der Waals surface area contributed by atoms with E-state index in [1.807, 2.05) is 50.2 Å². The van der Waals surface area contributed by atoms with Crippen molar-refractivity contribution in [2.45, 2.75) is 19.9 Å². The summed E-state index contributed by atoms with van der Waals surface area (Å²) >= 11 is 0. The van der Waals surface area contributed by atoms with Crippen LogP contribution >= 0.6 is 0 Å². The van der Waals surface area contributed by atoms with Crippen LogP contribution in [0.3, 0.4) is 0 Å². The molecular formula is C27H33N5O5. The summed E-state index contributed by atoms with van der Waals surface area (Å²) in [5, 5.41) is 6.13. The van der Waals surface area contributed by atoms with E-state index in [1.54, 1.807) is 18.2 Å². The number of aromatic nitrogens is 1. The Balaban J connectivity index is 1.29. The fourth-order valence-corrected chi connectivity index (χ4v) is 4.49. The Bertz CT molecular complexity index is 1240. The van der Waals surface area contributed by atoms with Crippen molar-refractivity contribution in [3.8, 4) is 22.8 Å². The average molecular weight is 508 g/mol. The van der Waals surface area contributed by atoms with Crippen LogP contribution in [0, 0.1) is 6.92 Å². The summed E-state index contributed by atoms with van der Waals surface area (Å²) in [6.45, 7) is 9.51. The number of oxazole rings is 1. The Morgan fingerprint density at radius 2 is 2.00 bits per heavy atom. The highest BCUT2D eigenvalue weighted by Gasteiger charge is 2.29. The number of anilines is 3. The summed E-state index contributed by atoms with van der Waals surface area (Å²) in [4.78, 5) is 20.8. The first-order chi connectivity index (χ1) is 18.0. The van der Waals surface area contributed by atoms with E-state index in [1.165, 1.54) is 0 Å². The normalized spacial score (nSPS) is 18.1. The number of carbonyl (C=O) groups excluding carboxylic acids is 1. The Morgan fingerprint density at radius 3 is 2.76 bits per heavy atom. The largest absolute Gasteiger partial charge is 0.497 e. The van der Waals surface area contributed by atoms with Crippen molar-refractivity contribution in [3.63, 3.8) is 0 Å². The highest BCUT2D eigenvalue weighted by molar-refractivity contribution is 5.95. The minimum atomic E-state index is -0.130. The molecule has 2 amide bonds. The maximum atomic E-state index is 12.4. The molecule has 0 aliphatic carbocycles. The number of carbonyl (C=O) groups is 1. The second-order valence-electron chi connectivity index (χ2n) is 9.26. The van der Waals surface area contributed by atoms with Crippen LogP contribution in [0.1, 0.15) is 12.5 Å². The van der Waals surface area contributed by atoms with Gasteiger partial charge in [-0.3, -0.25) is 9.80 Å². The zero-order chi connectivity index (χ0) is 25.8. The molecule has 2 aliphatic heterocycles. The number of urea groups is 1.